The van der Waals surface area contributed by atoms with Gasteiger partial charge in [0.05, 0.1) is 12.8 Å². The van der Waals surface area contributed by atoms with Crippen molar-refractivity contribution < 1.29 is 4.74 Å². The number of halogens is 1. The molecule has 0 radical (unpaired) electrons. The maximum Gasteiger partial charge on any atom is 0.165 e. The molecule has 2 aromatic carbocycles. The smallest absolute Gasteiger partial charge is 0.165 e. The van der Waals surface area contributed by atoms with Crippen LogP contribution in [0.3, 0.4) is 0 Å². The molecule has 28 heavy (non-hydrogen) atoms. The molecule has 0 amide bonds. The van der Waals surface area contributed by atoms with E-state index in [1.807, 2.05) is 5.38 Å². The van der Waals surface area contributed by atoms with Crippen LogP contribution < -0.4 is 10.5 Å². The van der Waals surface area contributed by atoms with E-state index in [1.54, 1.807) is 25.3 Å². The minimum absolute atomic E-state index is 0.377. The summed E-state index contributed by atoms with van der Waals surface area (Å²) < 4.78 is 6.91. The van der Waals surface area contributed by atoms with Crippen molar-refractivity contribution in [3.8, 4) is 33.4 Å². The van der Waals surface area contributed by atoms with Gasteiger partial charge in [0.15, 0.2) is 11.5 Å². The lowest BCUT2D eigenvalue weighted by atomic mass is 10.0. The number of rotatable bonds is 4. The molecule has 2 heterocycles. The summed E-state index contributed by atoms with van der Waals surface area (Å²) in [6.07, 6.45) is 0. The van der Waals surface area contributed by atoms with Crippen LogP contribution in [0.25, 0.3) is 27.6 Å². The average molecular weight is 412 g/mol. The molecular weight excluding hydrogens is 394 g/mol. The van der Waals surface area contributed by atoms with E-state index >= 15 is 0 Å². The van der Waals surface area contributed by atoms with Crippen molar-refractivity contribution in [3.63, 3.8) is 0 Å². The Labute approximate surface area is 171 Å². The van der Waals surface area contributed by atoms with Gasteiger partial charge in [0, 0.05) is 16.0 Å². The number of thiazole rings is 1. The summed E-state index contributed by atoms with van der Waals surface area (Å²) >= 11 is 7.61. The Morgan fingerprint density at radius 1 is 1.14 bits per heavy atom. The van der Waals surface area contributed by atoms with Crippen molar-refractivity contribution in [1.82, 2.24) is 20.0 Å². The van der Waals surface area contributed by atoms with Crippen molar-refractivity contribution >= 4 is 28.8 Å². The highest BCUT2D eigenvalue weighted by Gasteiger charge is 2.19. The number of ether oxygens (including phenoxy) is 1. The molecule has 4 aromatic rings. The van der Waals surface area contributed by atoms with Crippen molar-refractivity contribution in [3.05, 3.63) is 57.9 Å². The van der Waals surface area contributed by atoms with E-state index < -0.39 is 0 Å². The number of aromatic nitrogens is 4. The van der Waals surface area contributed by atoms with Gasteiger partial charge in [0.2, 0.25) is 0 Å². The minimum Gasteiger partial charge on any atom is -0.494 e. The van der Waals surface area contributed by atoms with E-state index in [0.717, 1.165) is 11.3 Å². The van der Waals surface area contributed by atoms with Crippen LogP contribution in [0.4, 0.5) is 5.82 Å². The fraction of sp³-hybridized carbons (Fsp3) is 0.150. The molecule has 0 saturated heterocycles. The Morgan fingerprint density at radius 2 is 1.96 bits per heavy atom. The molecule has 0 saturated carbocycles. The molecule has 0 atom stereocenters. The Kier molecular flexibility index (Phi) is 4.78. The zero-order valence-corrected chi connectivity index (χ0v) is 17.2. The third-order valence-corrected chi connectivity index (χ3v) is 5.53. The molecule has 0 unspecified atom stereocenters. The van der Waals surface area contributed by atoms with Gasteiger partial charge in [-0.3, -0.25) is 0 Å². The first-order chi connectivity index (χ1) is 13.5. The van der Waals surface area contributed by atoms with E-state index in [9.17, 15) is 0 Å². The van der Waals surface area contributed by atoms with Crippen LogP contribution in [-0.4, -0.2) is 27.1 Å². The molecular formula is C20H18ClN5OS. The van der Waals surface area contributed by atoms with Crippen LogP contribution in [-0.2, 0) is 0 Å². The molecule has 2 N–H and O–H groups in total. The van der Waals surface area contributed by atoms with E-state index in [0.29, 0.717) is 33.0 Å². The molecule has 0 aliphatic rings. The molecule has 0 aliphatic heterocycles. The highest BCUT2D eigenvalue weighted by molar-refractivity contribution is 7.13. The molecule has 6 nitrogen and oxygen atoms in total. The van der Waals surface area contributed by atoms with Crippen molar-refractivity contribution in [2.45, 2.75) is 13.8 Å². The Bertz CT molecular complexity index is 1170. The zero-order chi connectivity index (χ0) is 19.8. The molecule has 2 aromatic heterocycles. The predicted molar refractivity (Wildman–Crippen MR) is 113 cm³/mol. The van der Waals surface area contributed by atoms with E-state index in [4.69, 9.17) is 27.1 Å². The number of aryl methyl sites for hydroxylation is 2. The van der Waals surface area contributed by atoms with Gasteiger partial charge < -0.3 is 10.5 Å². The highest BCUT2D eigenvalue weighted by Crippen LogP contribution is 2.35. The lowest BCUT2D eigenvalue weighted by Crippen LogP contribution is -2.04. The summed E-state index contributed by atoms with van der Waals surface area (Å²) in [7, 11) is 1.58. The van der Waals surface area contributed by atoms with Crippen molar-refractivity contribution in [1.29, 1.82) is 0 Å². The first-order valence-corrected chi connectivity index (χ1v) is 9.82. The molecule has 0 spiro atoms. The first-order valence-electron chi connectivity index (χ1n) is 8.56. The number of nitrogens with two attached hydrogens (primary N) is 1. The maximum atomic E-state index is 6.35. The standard InChI is InChI=1S/C20H18ClN5OS/c1-11-4-5-12(2)14(8-11)15-10-28-20(23-15)18-19(22)26(25-24-18)16-9-13(21)6-7-17(16)27-3/h4-10H,22H2,1-3H3. The van der Waals surface area contributed by atoms with Crippen molar-refractivity contribution in [2.75, 3.05) is 12.8 Å². The Hall–Kier alpha value is -2.90. The maximum absolute atomic E-state index is 6.35. The SMILES string of the molecule is COc1ccc(Cl)cc1-n1nnc(-c2nc(-c3cc(C)ccc3C)cs2)c1N. The number of anilines is 1. The van der Waals surface area contributed by atoms with Gasteiger partial charge in [0.1, 0.15) is 16.4 Å². The van der Waals surface area contributed by atoms with Crippen LogP contribution in [0, 0.1) is 13.8 Å². The molecule has 0 aliphatic carbocycles. The Balaban J connectivity index is 1.76. The second-order valence-electron chi connectivity index (χ2n) is 6.41. The van der Waals surface area contributed by atoms with Gasteiger partial charge in [0.25, 0.3) is 0 Å². The summed E-state index contributed by atoms with van der Waals surface area (Å²) in [5.74, 6) is 0.977. The van der Waals surface area contributed by atoms with Crippen molar-refractivity contribution in [2.24, 2.45) is 0 Å². The quantitative estimate of drug-likeness (QED) is 0.515. The lowest BCUT2D eigenvalue weighted by molar-refractivity contribution is 0.411. The number of hydrogen-bond acceptors (Lipinski definition) is 6. The van der Waals surface area contributed by atoms with E-state index in [-0.39, 0.29) is 0 Å². The number of methoxy groups -OCH3 is 1. The van der Waals surface area contributed by atoms with Gasteiger partial charge in [-0.25, -0.2) is 4.98 Å². The largest absolute Gasteiger partial charge is 0.494 e. The fourth-order valence-corrected chi connectivity index (χ4v) is 3.94. The normalized spacial score (nSPS) is 11.0. The monoisotopic (exact) mass is 411 g/mol. The van der Waals surface area contributed by atoms with Gasteiger partial charge in [-0.1, -0.05) is 34.5 Å². The summed E-state index contributed by atoms with van der Waals surface area (Å²) in [4.78, 5) is 4.75. The topological polar surface area (TPSA) is 78.8 Å². The van der Waals surface area contributed by atoms with Crippen LogP contribution in [0.15, 0.2) is 41.8 Å². The van der Waals surface area contributed by atoms with E-state index in [1.165, 1.54) is 27.1 Å². The van der Waals surface area contributed by atoms with Crippen LogP contribution in [0.2, 0.25) is 5.02 Å². The number of nitrogen functional groups attached to an aromatic ring is 1. The minimum atomic E-state index is 0.377. The zero-order valence-electron chi connectivity index (χ0n) is 15.6. The highest BCUT2D eigenvalue weighted by atomic mass is 35.5. The summed E-state index contributed by atoms with van der Waals surface area (Å²) in [5, 5.41) is 11.7. The predicted octanol–water partition coefficient (Wildman–Crippen LogP) is 4.92. The number of nitrogens with zero attached hydrogens (tertiary/aromatic N) is 4. The van der Waals surface area contributed by atoms with Gasteiger partial charge in [-0.15, -0.1) is 16.4 Å². The van der Waals surface area contributed by atoms with Gasteiger partial charge in [-0.05, 0) is 43.7 Å². The fourth-order valence-electron chi connectivity index (χ4n) is 2.97. The molecule has 142 valence electrons. The number of hydrogen-bond donors (Lipinski definition) is 1. The summed E-state index contributed by atoms with van der Waals surface area (Å²) in [5.41, 5.74) is 11.9. The molecule has 4 rings (SSSR count). The van der Waals surface area contributed by atoms with Crippen LogP contribution >= 0.6 is 22.9 Å². The van der Waals surface area contributed by atoms with Gasteiger partial charge >= 0.3 is 0 Å². The average Bonchev–Trinajstić information content (AvgIpc) is 3.30. The third kappa shape index (κ3) is 3.23. The second-order valence-corrected chi connectivity index (χ2v) is 7.70. The van der Waals surface area contributed by atoms with Gasteiger partial charge in [-0.2, -0.15) is 4.68 Å². The molecule has 8 heteroatoms. The first kappa shape index (κ1) is 18.5. The summed E-state index contributed by atoms with van der Waals surface area (Å²) in [6, 6.07) is 11.6. The van der Waals surface area contributed by atoms with Crippen LogP contribution in [0.1, 0.15) is 11.1 Å². The molecule has 0 fully saturated rings. The third-order valence-electron chi connectivity index (χ3n) is 4.45. The lowest BCUT2D eigenvalue weighted by Gasteiger charge is -2.09. The number of benzene rings is 2. The Morgan fingerprint density at radius 3 is 2.75 bits per heavy atom. The van der Waals surface area contributed by atoms with E-state index in [2.05, 4.69) is 42.4 Å². The molecule has 0 bridgehead atoms. The van der Waals surface area contributed by atoms with Crippen LogP contribution in [0.5, 0.6) is 5.75 Å². The second kappa shape index (κ2) is 7.26. The summed E-state index contributed by atoms with van der Waals surface area (Å²) in [6.45, 7) is 4.14.